The van der Waals surface area contributed by atoms with Crippen molar-refractivity contribution in [2.45, 2.75) is 103 Å². The molecule has 5 unspecified atom stereocenters. The fraction of sp³-hybridized carbons (Fsp3) is 1.00. The first-order valence-electron chi connectivity index (χ1n) is 10.8. The molecule has 0 spiro atoms. The highest BCUT2D eigenvalue weighted by Crippen LogP contribution is 2.44. The molecular weight excluding hydrogens is 283 g/mol. The van der Waals surface area contributed by atoms with E-state index in [2.05, 4.69) is 13.8 Å². The molecule has 3 aliphatic carbocycles. The van der Waals surface area contributed by atoms with E-state index in [-0.39, 0.29) is 0 Å². The molecule has 23 heavy (non-hydrogen) atoms. The summed E-state index contributed by atoms with van der Waals surface area (Å²) in [5.41, 5.74) is 0. The summed E-state index contributed by atoms with van der Waals surface area (Å²) in [5.74, 6) is 4.43. The molecule has 3 aliphatic rings. The van der Waals surface area contributed by atoms with Crippen LogP contribution < -0.4 is 0 Å². The average molecular weight is 323 g/mol. The van der Waals surface area contributed by atoms with Crippen LogP contribution in [0.4, 0.5) is 4.39 Å². The van der Waals surface area contributed by atoms with Crippen molar-refractivity contribution in [2.24, 2.45) is 35.5 Å². The minimum atomic E-state index is -0.500. The molecule has 0 N–H and O–H groups in total. The lowest BCUT2D eigenvalue weighted by Crippen LogP contribution is -2.27. The number of halogens is 1. The summed E-state index contributed by atoms with van der Waals surface area (Å²) in [7, 11) is 0. The standard InChI is InChI=1S/C22H39F/c1-16-5-3-6-19(14-11-16)21-8-4-7-20(15-22(21)23)18-12-9-17(2)10-13-18/h16-22H,3-15H2,1-2H3. The molecule has 0 amide bonds. The molecule has 134 valence electrons. The lowest BCUT2D eigenvalue weighted by atomic mass is 9.73. The quantitative estimate of drug-likeness (QED) is 0.472. The van der Waals surface area contributed by atoms with Crippen molar-refractivity contribution < 1.29 is 4.39 Å². The van der Waals surface area contributed by atoms with E-state index in [1.807, 2.05) is 0 Å². The van der Waals surface area contributed by atoms with E-state index in [4.69, 9.17) is 0 Å². The zero-order valence-electron chi connectivity index (χ0n) is 15.6. The summed E-state index contributed by atoms with van der Waals surface area (Å²) >= 11 is 0. The Labute approximate surface area is 144 Å². The fourth-order valence-corrected chi connectivity index (χ4v) is 6.04. The molecule has 5 atom stereocenters. The van der Waals surface area contributed by atoms with Gasteiger partial charge in [0.15, 0.2) is 0 Å². The molecule has 0 aliphatic heterocycles. The average Bonchev–Trinajstić information content (AvgIpc) is 2.86. The van der Waals surface area contributed by atoms with Crippen molar-refractivity contribution in [1.82, 2.24) is 0 Å². The summed E-state index contributed by atoms with van der Waals surface area (Å²) in [6.45, 7) is 4.78. The fourth-order valence-electron chi connectivity index (χ4n) is 6.04. The van der Waals surface area contributed by atoms with Crippen LogP contribution in [-0.4, -0.2) is 6.17 Å². The molecule has 0 bridgehead atoms. The highest BCUT2D eigenvalue weighted by atomic mass is 19.1. The second-order valence-electron chi connectivity index (χ2n) is 9.50. The number of alkyl halides is 1. The van der Waals surface area contributed by atoms with Crippen molar-refractivity contribution in [2.75, 3.05) is 0 Å². The molecular formula is C22H39F. The lowest BCUT2D eigenvalue weighted by Gasteiger charge is -2.33. The molecule has 0 nitrogen and oxygen atoms in total. The predicted octanol–water partition coefficient (Wildman–Crippen LogP) is 7.17. The Balaban J connectivity index is 1.56. The van der Waals surface area contributed by atoms with Gasteiger partial charge in [0.25, 0.3) is 0 Å². The van der Waals surface area contributed by atoms with Gasteiger partial charge in [0.2, 0.25) is 0 Å². The first-order valence-corrected chi connectivity index (χ1v) is 10.8. The minimum Gasteiger partial charge on any atom is -0.247 e. The van der Waals surface area contributed by atoms with Crippen LogP contribution in [0.2, 0.25) is 0 Å². The Kier molecular flexibility index (Phi) is 6.44. The normalized spacial score (nSPS) is 46.8. The van der Waals surface area contributed by atoms with Gasteiger partial charge < -0.3 is 0 Å². The minimum absolute atomic E-state index is 0.396. The zero-order valence-corrected chi connectivity index (χ0v) is 15.6. The van der Waals surface area contributed by atoms with Gasteiger partial charge in [0.05, 0.1) is 0 Å². The van der Waals surface area contributed by atoms with Crippen LogP contribution in [0, 0.1) is 35.5 Å². The topological polar surface area (TPSA) is 0 Å². The molecule has 3 saturated carbocycles. The van der Waals surface area contributed by atoms with Crippen LogP contribution in [0.15, 0.2) is 0 Å². The SMILES string of the molecule is CC1CCC(C2CCCC(C3CCCC(C)CC3)C(F)C2)CC1. The molecule has 0 radical (unpaired) electrons. The van der Waals surface area contributed by atoms with E-state index in [0.717, 1.165) is 24.2 Å². The monoisotopic (exact) mass is 322 g/mol. The number of hydrogen-bond acceptors (Lipinski definition) is 0. The van der Waals surface area contributed by atoms with Gasteiger partial charge in [-0.1, -0.05) is 65.2 Å². The van der Waals surface area contributed by atoms with Crippen LogP contribution in [0.25, 0.3) is 0 Å². The van der Waals surface area contributed by atoms with Crippen molar-refractivity contribution in [3.8, 4) is 0 Å². The van der Waals surface area contributed by atoms with Crippen LogP contribution in [0.5, 0.6) is 0 Å². The Morgan fingerprint density at radius 3 is 1.87 bits per heavy atom. The van der Waals surface area contributed by atoms with Crippen molar-refractivity contribution in [3.63, 3.8) is 0 Å². The molecule has 0 aromatic rings. The molecule has 0 aromatic carbocycles. The molecule has 0 heterocycles. The highest BCUT2D eigenvalue weighted by molar-refractivity contribution is 4.87. The Hall–Kier alpha value is -0.0700. The van der Waals surface area contributed by atoms with E-state index in [0.29, 0.717) is 17.8 Å². The largest absolute Gasteiger partial charge is 0.247 e. The smallest absolute Gasteiger partial charge is 0.103 e. The first kappa shape index (κ1) is 17.7. The summed E-state index contributed by atoms with van der Waals surface area (Å²) in [5, 5.41) is 0. The second kappa shape index (κ2) is 8.34. The number of rotatable bonds is 2. The Bertz CT molecular complexity index is 344. The third kappa shape index (κ3) is 4.73. The molecule has 0 aromatic heterocycles. The van der Waals surface area contributed by atoms with E-state index < -0.39 is 6.17 Å². The number of hydrogen-bond donors (Lipinski definition) is 0. The van der Waals surface area contributed by atoms with E-state index in [1.54, 1.807) is 0 Å². The van der Waals surface area contributed by atoms with Gasteiger partial charge in [-0.05, 0) is 67.6 Å². The zero-order chi connectivity index (χ0) is 16.2. The molecule has 3 rings (SSSR count). The molecule has 1 heteroatoms. The summed E-state index contributed by atoms with van der Waals surface area (Å²) in [6.07, 6.45) is 16.4. The lowest BCUT2D eigenvalue weighted by molar-refractivity contribution is 0.112. The predicted molar refractivity (Wildman–Crippen MR) is 97.2 cm³/mol. The van der Waals surface area contributed by atoms with Gasteiger partial charge in [-0.25, -0.2) is 4.39 Å². The van der Waals surface area contributed by atoms with Gasteiger partial charge >= 0.3 is 0 Å². The maximum atomic E-state index is 15.2. The van der Waals surface area contributed by atoms with Crippen LogP contribution in [0.3, 0.4) is 0 Å². The maximum absolute atomic E-state index is 15.2. The maximum Gasteiger partial charge on any atom is 0.103 e. The Morgan fingerprint density at radius 2 is 1.13 bits per heavy atom. The summed E-state index contributed by atoms with van der Waals surface area (Å²) in [6, 6.07) is 0. The highest BCUT2D eigenvalue weighted by Gasteiger charge is 2.37. The third-order valence-corrected chi connectivity index (χ3v) is 7.74. The van der Waals surface area contributed by atoms with E-state index >= 15 is 4.39 Å². The van der Waals surface area contributed by atoms with Gasteiger partial charge in [-0.3, -0.25) is 0 Å². The summed E-state index contributed by atoms with van der Waals surface area (Å²) < 4.78 is 15.2. The van der Waals surface area contributed by atoms with E-state index in [1.165, 1.54) is 77.0 Å². The van der Waals surface area contributed by atoms with Crippen LogP contribution in [-0.2, 0) is 0 Å². The van der Waals surface area contributed by atoms with Crippen molar-refractivity contribution in [1.29, 1.82) is 0 Å². The molecule has 0 saturated heterocycles. The Morgan fingerprint density at radius 1 is 0.565 bits per heavy atom. The van der Waals surface area contributed by atoms with Gasteiger partial charge in [0.1, 0.15) is 6.17 Å². The third-order valence-electron chi connectivity index (χ3n) is 7.74. The van der Waals surface area contributed by atoms with Crippen molar-refractivity contribution in [3.05, 3.63) is 0 Å². The van der Waals surface area contributed by atoms with Gasteiger partial charge in [-0.2, -0.15) is 0 Å². The van der Waals surface area contributed by atoms with Crippen LogP contribution in [0.1, 0.15) is 97.3 Å². The van der Waals surface area contributed by atoms with Crippen molar-refractivity contribution >= 4 is 0 Å². The summed E-state index contributed by atoms with van der Waals surface area (Å²) in [4.78, 5) is 0. The van der Waals surface area contributed by atoms with E-state index in [9.17, 15) is 0 Å². The first-order chi connectivity index (χ1) is 11.1. The molecule has 3 fully saturated rings. The van der Waals surface area contributed by atoms with Crippen LogP contribution >= 0.6 is 0 Å². The second-order valence-corrected chi connectivity index (χ2v) is 9.50. The van der Waals surface area contributed by atoms with Gasteiger partial charge in [0, 0.05) is 0 Å². The van der Waals surface area contributed by atoms with Gasteiger partial charge in [-0.15, -0.1) is 0 Å².